The number of aliphatic imine (C=N–C) groups is 1. The Morgan fingerprint density at radius 2 is 1.78 bits per heavy atom. The molecule has 0 amide bonds. The Hall–Kier alpha value is -3.28. The lowest BCUT2D eigenvalue weighted by Crippen LogP contribution is -2.19. The number of rotatable bonds is 6. The first-order chi connectivity index (χ1) is 13.0. The predicted octanol–water partition coefficient (Wildman–Crippen LogP) is 3.50. The van der Waals surface area contributed by atoms with E-state index in [4.69, 9.17) is 9.47 Å². The van der Waals surface area contributed by atoms with Crippen molar-refractivity contribution in [3.05, 3.63) is 75.7 Å². The standard InChI is InChI=1S/C21H23N3O3/c1-14(22-13-16-7-5-6-8-19(16)27-4)20-15(2)23-24(21(20)25)17-9-11-18(26-3)12-10-17/h5-12,23H,13H2,1-4H3. The van der Waals surface area contributed by atoms with E-state index in [1.165, 1.54) is 4.68 Å². The molecular weight excluding hydrogens is 342 g/mol. The summed E-state index contributed by atoms with van der Waals surface area (Å²) in [5.41, 5.74) is 3.64. The minimum atomic E-state index is -0.126. The number of hydrogen-bond acceptors (Lipinski definition) is 4. The average Bonchev–Trinajstić information content (AvgIpc) is 3.00. The molecule has 1 heterocycles. The third-order valence-corrected chi connectivity index (χ3v) is 4.44. The van der Waals surface area contributed by atoms with Gasteiger partial charge in [0.2, 0.25) is 0 Å². The van der Waals surface area contributed by atoms with E-state index < -0.39 is 0 Å². The summed E-state index contributed by atoms with van der Waals surface area (Å²) < 4.78 is 12.0. The van der Waals surface area contributed by atoms with Gasteiger partial charge in [-0.2, -0.15) is 0 Å². The number of benzene rings is 2. The molecule has 0 bridgehead atoms. The zero-order valence-corrected chi connectivity index (χ0v) is 15.9. The van der Waals surface area contributed by atoms with E-state index in [0.717, 1.165) is 28.4 Å². The van der Waals surface area contributed by atoms with Crippen LogP contribution in [0.4, 0.5) is 0 Å². The molecule has 3 aromatic rings. The average molecular weight is 365 g/mol. The Labute approximate surface area is 158 Å². The highest BCUT2D eigenvalue weighted by atomic mass is 16.5. The smallest absolute Gasteiger partial charge is 0.280 e. The normalized spacial score (nSPS) is 11.5. The Morgan fingerprint density at radius 1 is 1.07 bits per heavy atom. The highest BCUT2D eigenvalue weighted by Gasteiger charge is 2.15. The van der Waals surface area contributed by atoms with Gasteiger partial charge in [0.05, 0.1) is 32.0 Å². The van der Waals surface area contributed by atoms with Crippen molar-refractivity contribution in [2.75, 3.05) is 14.2 Å². The lowest BCUT2D eigenvalue weighted by Gasteiger charge is -2.06. The van der Waals surface area contributed by atoms with Crippen LogP contribution < -0.4 is 15.0 Å². The van der Waals surface area contributed by atoms with Crippen LogP contribution in [0.15, 0.2) is 58.3 Å². The van der Waals surface area contributed by atoms with Crippen LogP contribution in [-0.4, -0.2) is 29.7 Å². The van der Waals surface area contributed by atoms with E-state index in [2.05, 4.69) is 10.1 Å². The van der Waals surface area contributed by atoms with Crippen molar-refractivity contribution in [2.45, 2.75) is 20.4 Å². The molecule has 140 valence electrons. The van der Waals surface area contributed by atoms with Crippen LogP contribution >= 0.6 is 0 Å². The zero-order valence-electron chi connectivity index (χ0n) is 15.9. The molecule has 27 heavy (non-hydrogen) atoms. The van der Waals surface area contributed by atoms with Crippen molar-refractivity contribution in [2.24, 2.45) is 4.99 Å². The van der Waals surface area contributed by atoms with Gasteiger partial charge in [-0.15, -0.1) is 0 Å². The third kappa shape index (κ3) is 3.79. The number of nitrogens with zero attached hydrogens (tertiary/aromatic N) is 2. The second kappa shape index (κ2) is 7.95. The first-order valence-electron chi connectivity index (χ1n) is 8.64. The van der Waals surface area contributed by atoms with Crippen molar-refractivity contribution < 1.29 is 9.47 Å². The molecular formula is C21H23N3O3. The van der Waals surface area contributed by atoms with Gasteiger partial charge in [0.25, 0.3) is 5.56 Å². The van der Waals surface area contributed by atoms with E-state index in [-0.39, 0.29) is 5.56 Å². The molecule has 2 aromatic carbocycles. The molecule has 1 aromatic heterocycles. The van der Waals surface area contributed by atoms with Gasteiger partial charge < -0.3 is 9.47 Å². The summed E-state index contributed by atoms with van der Waals surface area (Å²) in [6.07, 6.45) is 0. The number of ether oxygens (including phenoxy) is 2. The molecule has 0 aliphatic heterocycles. The molecule has 3 rings (SSSR count). The molecule has 1 N–H and O–H groups in total. The SMILES string of the molecule is COc1ccc(-n2[nH]c(C)c(C(C)=NCc3ccccc3OC)c2=O)cc1. The molecule has 6 nitrogen and oxygen atoms in total. The van der Waals surface area contributed by atoms with Crippen LogP contribution in [0.25, 0.3) is 5.69 Å². The zero-order chi connectivity index (χ0) is 19.4. The van der Waals surface area contributed by atoms with Gasteiger partial charge in [0.15, 0.2) is 0 Å². The fourth-order valence-corrected chi connectivity index (χ4v) is 3.00. The van der Waals surface area contributed by atoms with Crippen molar-refractivity contribution in [1.82, 2.24) is 9.78 Å². The summed E-state index contributed by atoms with van der Waals surface area (Å²) >= 11 is 0. The molecule has 0 radical (unpaired) electrons. The largest absolute Gasteiger partial charge is 0.497 e. The quantitative estimate of drug-likeness (QED) is 0.680. The van der Waals surface area contributed by atoms with Crippen LogP contribution in [0.1, 0.15) is 23.7 Å². The molecule has 0 spiro atoms. The summed E-state index contributed by atoms with van der Waals surface area (Å²) in [6.45, 7) is 4.17. The first kappa shape index (κ1) is 18.5. The first-order valence-corrected chi connectivity index (χ1v) is 8.64. The van der Waals surface area contributed by atoms with E-state index in [0.29, 0.717) is 17.8 Å². The fraction of sp³-hybridized carbons (Fsp3) is 0.238. The number of H-pyrrole nitrogens is 1. The second-order valence-corrected chi connectivity index (χ2v) is 6.16. The minimum absolute atomic E-state index is 0.126. The fourth-order valence-electron chi connectivity index (χ4n) is 3.00. The topological polar surface area (TPSA) is 68.6 Å². The number of para-hydroxylation sites is 1. The number of aromatic nitrogens is 2. The summed E-state index contributed by atoms with van der Waals surface area (Å²) in [5.74, 6) is 1.53. The van der Waals surface area contributed by atoms with Crippen molar-refractivity contribution in [3.63, 3.8) is 0 Å². The number of aromatic amines is 1. The van der Waals surface area contributed by atoms with Crippen LogP contribution in [0, 0.1) is 6.92 Å². The third-order valence-electron chi connectivity index (χ3n) is 4.44. The number of nitrogens with one attached hydrogen (secondary N) is 1. The molecule has 0 aliphatic carbocycles. The summed E-state index contributed by atoms with van der Waals surface area (Å²) in [6, 6.07) is 15.0. The van der Waals surface area contributed by atoms with Crippen LogP contribution in [-0.2, 0) is 6.54 Å². The highest BCUT2D eigenvalue weighted by molar-refractivity contribution is 5.99. The highest BCUT2D eigenvalue weighted by Crippen LogP contribution is 2.19. The molecule has 0 fully saturated rings. The van der Waals surface area contributed by atoms with Crippen LogP contribution in [0.3, 0.4) is 0 Å². The lowest BCUT2D eigenvalue weighted by atomic mass is 10.1. The maximum atomic E-state index is 12.9. The molecule has 0 aliphatic rings. The van der Waals surface area contributed by atoms with Crippen LogP contribution in [0.2, 0.25) is 0 Å². The number of methoxy groups -OCH3 is 2. The molecule has 0 saturated carbocycles. The van der Waals surface area contributed by atoms with Gasteiger partial charge >= 0.3 is 0 Å². The molecule has 0 unspecified atom stereocenters. The molecule has 0 atom stereocenters. The maximum Gasteiger partial charge on any atom is 0.280 e. The van der Waals surface area contributed by atoms with E-state index >= 15 is 0 Å². The Kier molecular flexibility index (Phi) is 5.45. The number of aryl methyl sites for hydroxylation is 1. The van der Waals surface area contributed by atoms with E-state index in [1.54, 1.807) is 14.2 Å². The lowest BCUT2D eigenvalue weighted by molar-refractivity contribution is 0.410. The van der Waals surface area contributed by atoms with Gasteiger partial charge in [-0.25, -0.2) is 4.68 Å². The van der Waals surface area contributed by atoms with Crippen molar-refractivity contribution >= 4 is 5.71 Å². The Balaban J connectivity index is 1.92. The summed E-state index contributed by atoms with van der Waals surface area (Å²) in [5, 5.41) is 3.13. The number of hydrogen-bond donors (Lipinski definition) is 1. The summed E-state index contributed by atoms with van der Waals surface area (Å²) in [4.78, 5) is 17.5. The predicted molar refractivity (Wildman–Crippen MR) is 107 cm³/mol. The van der Waals surface area contributed by atoms with Gasteiger partial charge in [0, 0.05) is 17.0 Å². The monoisotopic (exact) mass is 365 g/mol. The van der Waals surface area contributed by atoms with Crippen molar-refractivity contribution in [3.8, 4) is 17.2 Å². The second-order valence-electron chi connectivity index (χ2n) is 6.16. The van der Waals surface area contributed by atoms with Gasteiger partial charge in [-0.1, -0.05) is 18.2 Å². The van der Waals surface area contributed by atoms with Crippen LogP contribution in [0.5, 0.6) is 11.5 Å². The Morgan fingerprint density at radius 3 is 2.44 bits per heavy atom. The van der Waals surface area contributed by atoms with Gasteiger partial charge in [-0.05, 0) is 44.2 Å². The minimum Gasteiger partial charge on any atom is -0.497 e. The van der Waals surface area contributed by atoms with Crippen molar-refractivity contribution in [1.29, 1.82) is 0 Å². The summed E-state index contributed by atoms with van der Waals surface area (Å²) in [7, 11) is 3.25. The maximum absolute atomic E-state index is 12.9. The van der Waals surface area contributed by atoms with Gasteiger partial charge in [-0.3, -0.25) is 14.9 Å². The molecule has 6 heteroatoms. The Bertz CT molecular complexity index is 1010. The van der Waals surface area contributed by atoms with E-state index in [1.807, 2.05) is 62.4 Å². The molecule has 0 saturated heterocycles. The van der Waals surface area contributed by atoms with E-state index in [9.17, 15) is 4.79 Å². The van der Waals surface area contributed by atoms with Gasteiger partial charge in [0.1, 0.15) is 11.5 Å².